The molecule has 0 aliphatic carbocycles. The van der Waals surface area contributed by atoms with Crippen LogP contribution in [0.4, 0.5) is 10.1 Å². The van der Waals surface area contributed by atoms with E-state index in [-0.39, 0.29) is 18.1 Å². The van der Waals surface area contributed by atoms with Crippen molar-refractivity contribution in [3.05, 3.63) is 66.0 Å². The van der Waals surface area contributed by atoms with Gasteiger partial charge >= 0.3 is 0 Å². The van der Waals surface area contributed by atoms with Crippen LogP contribution in [0.1, 0.15) is 39.7 Å². The predicted molar refractivity (Wildman–Crippen MR) is 132 cm³/mol. The van der Waals surface area contributed by atoms with Gasteiger partial charge in [0.1, 0.15) is 18.4 Å². The Morgan fingerprint density at radius 1 is 1.06 bits per heavy atom. The first-order chi connectivity index (χ1) is 15.8. The lowest BCUT2D eigenvalue weighted by Gasteiger charge is -2.34. The van der Waals surface area contributed by atoms with Crippen LogP contribution in [-0.4, -0.2) is 56.1 Å². The summed E-state index contributed by atoms with van der Waals surface area (Å²) < 4.78 is 39.6. The fourth-order valence-electron chi connectivity index (χ4n) is 3.59. The van der Waals surface area contributed by atoms with Crippen molar-refractivity contribution in [2.75, 3.05) is 23.7 Å². The van der Waals surface area contributed by atoms with Gasteiger partial charge in [-0.2, -0.15) is 0 Å². The zero-order chi connectivity index (χ0) is 25.5. The lowest BCUT2D eigenvalue weighted by atomic mass is 10.1. The first-order valence-electron chi connectivity index (χ1n) is 11.2. The molecular weight excluding hydrogens is 457 g/mol. The smallest absolute Gasteiger partial charge is 0.244 e. The topological polar surface area (TPSA) is 86.8 Å². The van der Waals surface area contributed by atoms with Crippen LogP contribution in [0.5, 0.6) is 0 Å². The molecule has 34 heavy (non-hydrogen) atoms. The molecular formula is C25H34FN3O4S. The third-order valence-corrected chi connectivity index (χ3v) is 6.28. The average molecular weight is 492 g/mol. The van der Waals surface area contributed by atoms with E-state index in [0.29, 0.717) is 12.8 Å². The number of rotatable bonds is 10. The molecule has 2 rings (SSSR count). The zero-order valence-electron chi connectivity index (χ0n) is 20.4. The van der Waals surface area contributed by atoms with Crippen LogP contribution >= 0.6 is 0 Å². The quantitative estimate of drug-likeness (QED) is 0.552. The van der Waals surface area contributed by atoms with Gasteiger partial charge in [0.15, 0.2) is 0 Å². The van der Waals surface area contributed by atoms with E-state index in [1.807, 2.05) is 51.1 Å². The van der Waals surface area contributed by atoms with E-state index in [4.69, 9.17) is 0 Å². The first kappa shape index (κ1) is 27.3. The second-order valence-corrected chi connectivity index (χ2v) is 11.1. The van der Waals surface area contributed by atoms with Crippen molar-refractivity contribution in [3.63, 3.8) is 0 Å². The summed E-state index contributed by atoms with van der Waals surface area (Å²) in [6, 6.07) is 13.8. The minimum absolute atomic E-state index is 0.0473. The number of amides is 2. The molecule has 186 valence electrons. The molecule has 0 radical (unpaired) electrons. The molecule has 0 unspecified atom stereocenters. The molecule has 7 nitrogen and oxygen atoms in total. The molecule has 0 bridgehead atoms. The van der Waals surface area contributed by atoms with E-state index in [9.17, 15) is 22.4 Å². The lowest BCUT2D eigenvalue weighted by Crippen LogP contribution is -2.56. The van der Waals surface area contributed by atoms with Crippen LogP contribution < -0.4 is 9.62 Å². The summed E-state index contributed by atoms with van der Waals surface area (Å²) in [5.74, 6) is -1.47. The highest BCUT2D eigenvalue weighted by molar-refractivity contribution is 7.92. The first-order valence-corrected chi connectivity index (χ1v) is 13.1. The van der Waals surface area contributed by atoms with Crippen molar-refractivity contribution in [1.29, 1.82) is 0 Å². The normalized spacial score (nSPS) is 12.6. The maximum Gasteiger partial charge on any atom is 0.244 e. The highest BCUT2D eigenvalue weighted by Crippen LogP contribution is 2.20. The van der Waals surface area contributed by atoms with E-state index < -0.39 is 39.9 Å². The number of benzene rings is 2. The standard InChI is InChI=1S/C25H34FN3O4S/c1-6-22(24(31)27-25(2,3)4)28(16-15-19-11-8-7-9-12-19)23(30)18-29(34(5,32)33)21-14-10-13-20(26)17-21/h7-14,17,22H,6,15-16,18H2,1-5H3,(H,27,31)/t22-/m0/s1. The Morgan fingerprint density at radius 3 is 2.24 bits per heavy atom. The van der Waals surface area contributed by atoms with E-state index >= 15 is 0 Å². The van der Waals surface area contributed by atoms with Gasteiger partial charge in [0.05, 0.1) is 11.9 Å². The number of hydrogen-bond donors (Lipinski definition) is 1. The summed E-state index contributed by atoms with van der Waals surface area (Å²) >= 11 is 0. The molecule has 0 aliphatic rings. The fraction of sp³-hybridized carbons (Fsp3) is 0.440. The van der Waals surface area contributed by atoms with Gasteiger partial charge in [-0.15, -0.1) is 0 Å². The third-order valence-electron chi connectivity index (χ3n) is 5.14. The molecule has 1 N–H and O–H groups in total. The largest absolute Gasteiger partial charge is 0.350 e. The van der Waals surface area contributed by atoms with E-state index in [0.717, 1.165) is 22.2 Å². The van der Waals surface area contributed by atoms with Crippen LogP contribution in [-0.2, 0) is 26.0 Å². The van der Waals surface area contributed by atoms with E-state index in [1.165, 1.54) is 23.1 Å². The SMILES string of the molecule is CC[C@@H](C(=O)NC(C)(C)C)N(CCc1ccccc1)C(=O)CN(c1cccc(F)c1)S(C)(=O)=O. The van der Waals surface area contributed by atoms with Crippen molar-refractivity contribution in [3.8, 4) is 0 Å². The summed E-state index contributed by atoms with van der Waals surface area (Å²) in [5.41, 5.74) is 0.529. The van der Waals surface area contributed by atoms with Gasteiger partial charge < -0.3 is 10.2 Å². The Balaban J connectivity index is 2.38. The zero-order valence-corrected chi connectivity index (χ0v) is 21.2. The van der Waals surface area contributed by atoms with Gasteiger partial charge in [-0.1, -0.05) is 43.3 Å². The second kappa shape index (κ2) is 11.5. The highest BCUT2D eigenvalue weighted by atomic mass is 32.2. The minimum Gasteiger partial charge on any atom is -0.350 e. The second-order valence-electron chi connectivity index (χ2n) is 9.24. The Labute approximate surface area is 202 Å². The molecule has 2 aromatic carbocycles. The van der Waals surface area contributed by atoms with Crippen molar-refractivity contribution >= 4 is 27.5 Å². The third kappa shape index (κ3) is 8.13. The summed E-state index contributed by atoms with van der Waals surface area (Å²) in [7, 11) is -3.89. The summed E-state index contributed by atoms with van der Waals surface area (Å²) in [6.45, 7) is 7.03. The maximum atomic E-state index is 13.8. The van der Waals surface area contributed by atoms with E-state index in [2.05, 4.69) is 5.32 Å². The van der Waals surface area contributed by atoms with Gasteiger partial charge in [-0.25, -0.2) is 12.8 Å². The molecule has 2 amide bonds. The predicted octanol–water partition coefficient (Wildman–Crippen LogP) is 3.36. The monoisotopic (exact) mass is 491 g/mol. The lowest BCUT2D eigenvalue weighted by molar-refractivity contribution is -0.140. The molecule has 0 aromatic heterocycles. The molecule has 1 atom stereocenters. The molecule has 0 fully saturated rings. The number of sulfonamides is 1. The number of anilines is 1. The van der Waals surface area contributed by atoms with E-state index in [1.54, 1.807) is 6.92 Å². The Hall–Kier alpha value is -2.94. The summed E-state index contributed by atoms with van der Waals surface area (Å²) in [6.07, 6.45) is 1.80. The Bertz CT molecular complexity index is 1080. The van der Waals surface area contributed by atoms with Crippen LogP contribution in [0.3, 0.4) is 0 Å². The van der Waals surface area contributed by atoms with Crippen molar-refractivity contribution in [2.24, 2.45) is 0 Å². The van der Waals surface area contributed by atoms with Crippen molar-refractivity contribution in [1.82, 2.24) is 10.2 Å². The van der Waals surface area contributed by atoms with Crippen LogP contribution in [0.15, 0.2) is 54.6 Å². The average Bonchev–Trinajstić information content (AvgIpc) is 2.73. The van der Waals surface area contributed by atoms with Gasteiger partial charge in [0, 0.05) is 12.1 Å². The maximum absolute atomic E-state index is 13.8. The van der Waals surface area contributed by atoms with Crippen LogP contribution in [0.25, 0.3) is 0 Å². The van der Waals surface area contributed by atoms with Crippen LogP contribution in [0.2, 0.25) is 0 Å². The van der Waals surface area contributed by atoms with Gasteiger partial charge in [0.2, 0.25) is 21.8 Å². The number of carbonyl (C=O) groups is 2. The van der Waals surface area contributed by atoms with Crippen LogP contribution in [0, 0.1) is 5.82 Å². The van der Waals surface area contributed by atoms with Gasteiger partial charge in [0.25, 0.3) is 0 Å². The molecule has 0 aliphatic heterocycles. The fourth-order valence-corrected chi connectivity index (χ4v) is 4.44. The van der Waals surface area contributed by atoms with Gasteiger partial charge in [-0.3, -0.25) is 13.9 Å². The van der Waals surface area contributed by atoms with Crippen molar-refractivity contribution < 1.29 is 22.4 Å². The summed E-state index contributed by atoms with van der Waals surface area (Å²) in [5, 5.41) is 2.91. The van der Waals surface area contributed by atoms with Gasteiger partial charge in [-0.05, 0) is 57.4 Å². The molecule has 0 heterocycles. The number of nitrogens with zero attached hydrogens (tertiary/aromatic N) is 2. The molecule has 0 saturated carbocycles. The highest BCUT2D eigenvalue weighted by Gasteiger charge is 2.32. The number of halogens is 1. The number of nitrogens with one attached hydrogen (secondary N) is 1. The minimum atomic E-state index is -3.89. The van der Waals surface area contributed by atoms with Crippen molar-refractivity contribution in [2.45, 2.75) is 52.1 Å². The molecule has 0 saturated heterocycles. The molecule has 2 aromatic rings. The number of hydrogen-bond acceptors (Lipinski definition) is 4. The Morgan fingerprint density at radius 2 is 1.71 bits per heavy atom. The number of carbonyl (C=O) groups excluding carboxylic acids is 2. The Kier molecular flexibility index (Phi) is 9.21. The summed E-state index contributed by atoms with van der Waals surface area (Å²) in [4.78, 5) is 28.0. The molecule has 0 spiro atoms. The molecule has 9 heteroatoms.